The molecule has 2 amide bonds. The van der Waals surface area contributed by atoms with Crippen LogP contribution in [0.1, 0.15) is 37.7 Å². The summed E-state index contributed by atoms with van der Waals surface area (Å²) in [7, 11) is 0. The van der Waals surface area contributed by atoms with Gasteiger partial charge in [-0.15, -0.1) is 5.10 Å². The molecule has 5 rings (SSSR count). The van der Waals surface area contributed by atoms with Gasteiger partial charge in [0.1, 0.15) is 17.0 Å². The lowest BCUT2D eigenvalue weighted by atomic mass is 10.0. The van der Waals surface area contributed by atoms with Crippen molar-refractivity contribution in [3.8, 4) is 0 Å². The normalized spacial score (nSPS) is 13.2. The van der Waals surface area contributed by atoms with Crippen LogP contribution in [0.4, 0.5) is 4.39 Å². The van der Waals surface area contributed by atoms with Gasteiger partial charge in [-0.3, -0.25) is 19.8 Å². The van der Waals surface area contributed by atoms with Gasteiger partial charge in [-0.05, 0) is 36.8 Å². The van der Waals surface area contributed by atoms with Gasteiger partial charge in [0.25, 0.3) is 11.8 Å². The Labute approximate surface area is 185 Å². The van der Waals surface area contributed by atoms with Crippen LogP contribution in [0.2, 0.25) is 5.02 Å². The van der Waals surface area contributed by atoms with Crippen LogP contribution in [-0.4, -0.2) is 48.9 Å². The lowest BCUT2D eigenvalue weighted by Crippen LogP contribution is -2.36. The summed E-state index contributed by atoms with van der Waals surface area (Å²) in [6, 6.07) is 9.47. The highest BCUT2D eigenvalue weighted by Gasteiger charge is 2.28. The molecule has 0 saturated heterocycles. The first-order chi connectivity index (χ1) is 15.5. The van der Waals surface area contributed by atoms with Crippen molar-refractivity contribution in [3.63, 3.8) is 0 Å². The Morgan fingerprint density at radius 2 is 2.06 bits per heavy atom. The van der Waals surface area contributed by atoms with E-state index in [0.717, 1.165) is 11.1 Å². The zero-order valence-electron chi connectivity index (χ0n) is 16.7. The summed E-state index contributed by atoms with van der Waals surface area (Å²) in [4.78, 5) is 27.3. The molecule has 0 fully saturated rings. The summed E-state index contributed by atoms with van der Waals surface area (Å²) in [5, 5.41) is 20.4. The summed E-state index contributed by atoms with van der Waals surface area (Å²) in [6.45, 7) is 0.736. The third kappa shape index (κ3) is 3.69. The number of hydrogen-bond acceptors (Lipinski definition) is 5. The fourth-order valence-electron chi connectivity index (χ4n) is 3.76. The highest BCUT2D eigenvalue weighted by atomic mass is 35.5. The maximum atomic E-state index is 13.9. The molecule has 2 aromatic carbocycles. The molecule has 4 aromatic rings. The number of amides is 2. The second kappa shape index (κ2) is 8.04. The summed E-state index contributed by atoms with van der Waals surface area (Å²) >= 11 is 5.76. The predicted octanol–water partition coefficient (Wildman–Crippen LogP) is 2.60. The number of nitrogens with zero attached hydrogens (tertiary/aromatic N) is 4. The summed E-state index contributed by atoms with van der Waals surface area (Å²) in [6.07, 6.45) is 0.474. The minimum absolute atomic E-state index is 0.0186. The van der Waals surface area contributed by atoms with Gasteiger partial charge in [-0.25, -0.2) is 4.39 Å². The fraction of sp³-hybridized carbons (Fsp3) is 0.190. The van der Waals surface area contributed by atoms with Crippen molar-refractivity contribution in [3.05, 3.63) is 75.3 Å². The molecule has 3 N–H and O–H groups in total. The lowest BCUT2D eigenvalue weighted by molar-refractivity contribution is 0.0732. The van der Waals surface area contributed by atoms with Crippen molar-refractivity contribution in [1.29, 1.82) is 0 Å². The second-order valence-electron chi connectivity index (χ2n) is 7.46. The number of carbonyl (C=O) groups is 2. The van der Waals surface area contributed by atoms with E-state index in [2.05, 4.69) is 30.9 Å². The van der Waals surface area contributed by atoms with Gasteiger partial charge in [0.05, 0.1) is 17.8 Å². The van der Waals surface area contributed by atoms with Gasteiger partial charge in [0.15, 0.2) is 0 Å². The maximum absolute atomic E-state index is 13.9. The summed E-state index contributed by atoms with van der Waals surface area (Å²) in [5.41, 5.74) is 3.93. The van der Waals surface area contributed by atoms with E-state index in [4.69, 9.17) is 11.6 Å². The standard InChI is InChI=1S/C21H17ClFN7O2/c22-13-3-1-12(15(23)8-13)9-24-20(31)19-14-5-6-30(10-18(14)25-28-19)21(32)11-2-4-16-17(7-11)27-29-26-16/h1-4,7-8H,5-6,9-10H2,(H,24,31)(H,25,28)(H,26,27,29). The number of carbonyl (C=O) groups excluding carboxylic acids is 2. The van der Waals surface area contributed by atoms with Gasteiger partial charge in [-0.1, -0.05) is 22.9 Å². The molecule has 2 aromatic heterocycles. The molecule has 1 aliphatic heterocycles. The van der Waals surface area contributed by atoms with Crippen LogP contribution >= 0.6 is 11.6 Å². The van der Waals surface area contributed by atoms with Crippen LogP contribution in [-0.2, 0) is 19.5 Å². The Kier molecular flexibility index (Phi) is 5.06. The van der Waals surface area contributed by atoms with E-state index >= 15 is 0 Å². The Bertz CT molecular complexity index is 1350. The summed E-state index contributed by atoms with van der Waals surface area (Å²) in [5.74, 6) is -1.01. The van der Waals surface area contributed by atoms with Crippen molar-refractivity contribution < 1.29 is 14.0 Å². The van der Waals surface area contributed by atoms with Gasteiger partial charge in [0, 0.05) is 34.8 Å². The molecule has 9 nitrogen and oxygen atoms in total. The Morgan fingerprint density at radius 3 is 2.91 bits per heavy atom. The lowest BCUT2D eigenvalue weighted by Gasteiger charge is -2.26. The van der Waals surface area contributed by atoms with E-state index in [1.807, 2.05) is 0 Å². The van der Waals surface area contributed by atoms with Crippen molar-refractivity contribution in [1.82, 2.24) is 35.8 Å². The first-order valence-electron chi connectivity index (χ1n) is 9.88. The maximum Gasteiger partial charge on any atom is 0.269 e. The van der Waals surface area contributed by atoms with E-state index in [-0.39, 0.29) is 24.9 Å². The minimum Gasteiger partial charge on any atom is -0.347 e. The SMILES string of the molecule is O=C(NCc1ccc(Cl)cc1F)c1[nH]nc2c1CCN(C(=O)c1ccc3[nH]nnc3c1)C2. The van der Waals surface area contributed by atoms with Crippen LogP contribution in [0.3, 0.4) is 0 Å². The smallest absolute Gasteiger partial charge is 0.269 e. The molecule has 1 aliphatic rings. The third-order valence-corrected chi connectivity index (χ3v) is 5.70. The molecule has 0 radical (unpaired) electrons. The number of benzene rings is 2. The van der Waals surface area contributed by atoms with Gasteiger partial charge in [0.2, 0.25) is 0 Å². The quantitative estimate of drug-likeness (QED) is 0.438. The number of aromatic nitrogens is 5. The molecule has 162 valence electrons. The molecular formula is C21H17ClFN7O2. The van der Waals surface area contributed by atoms with Gasteiger partial charge in [-0.2, -0.15) is 5.10 Å². The number of rotatable bonds is 4. The average molecular weight is 454 g/mol. The summed E-state index contributed by atoms with van der Waals surface area (Å²) < 4.78 is 13.9. The zero-order valence-corrected chi connectivity index (χ0v) is 17.4. The van der Waals surface area contributed by atoms with Gasteiger partial charge >= 0.3 is 0 Å². The molecular weight excluding hydrogens is 437 g/mol. The molecule has 0 saturated carbocycles. The van der Waals surface area contributed by atoms with Gasteiger partial charge < -0.3 is 10.2 Å². The Hall–Kier alpha value is -3.79. The van der Waals surface area contributed by atoms with Crippen LogP contribution < -0.4 is 5.32 Å². The third-order valence-electron chi connectivity index (χ3n) is 5.47. The van der Waals surface area contributed by atoms with E-state index in [1.165, 1.54) is 12.1 Å². The molecule has 0 bridgehead atoms. The molecule has 11 heteroatoms. The molecule has 0 aliphatic carbocycles. The minimum atomic E-state index is -0.484. The number of fused-ring (bicyclic) bond motifs is 2. The zero-order chi connectivity index (χ0) is 22.2. The van der Waals surface area contributed by atoms with E-state index in [1.54, 1.807) is 29.2 Å². The highest BCUT2D eigenvalue weighted by molar-refractivity contribution is 6.30. The number of aromatic amines is 2. The largest absolute Gasteiger partial charge is 0.347 e. The second-order valence-corrected chi connectivity index (χ2v) is 7.90. The van der Waals surface area contributed by atoms with Crippen LogP contribution in [0.25, 0.3) is 11.0 Å². The highest BCUT2D eigenvalue weighted by Crippen LogP contribution is 2.23. The van der Waals surface area contributed by atoms with Crippen LogP contribution in [0, 0.1) is 5.82 Å². The fourth-order valence-corrected chi connectivity index (χ4v) is 3.92. The molecule has 0 atom stereocenters. The first-order valence-corrected chi connectivity index (χ1v) is 10.3. The Morgan fingerprint density at radius 1 is 1.19 bits per heavy atom. The van der Waals surface area contributed by atoms with E-state index in [0.29, 0.717) is 46.0 Å². The number of halogens is 2. The number of H-pyrrole nitrogens is 2. The van der Waals surface area contributed by atoms with Crippen molar-refractivity contribution in [2.24, 2.45) is 0 Å². The average Bonchev–Trinajstić information content (AvgIpc) is 3.43. The number of nitrogens with one attached hydrogen (secondary N) is 3. The topological polar surface area (TPSA) is 120 Å². The van der Waals surface area contributed by atoms with Crippen molar-refractivity contribution in [2.45, 2.75) is 19.5 Å². The predicted molar refractivity (Wildman–Crippen MR) is 114 cm³/mol. The Balaban J connectivity index is 1.28. The van der Waals surface area contributed by atoms with E-state index in [9.17, 15) is 14.0 Å². The van der Waals surface area contributed by atoms with Crippen molar-refractivity contribution >= 4 is 34.4 Å². The monoisotopic (exact) mass is 453 g/mol. The molecule has 0 unspecified atom stereocenters. The molecule has 3 heterocycles. The molecule has 32 heavy (non-hydrogen) atoms. The van der Waals surface area contributed by atoms with Crippen LogP contribution in [0.5, 0.6) is 0 Å². The van der Waals surface area contributed by atoms with Crippen molar-refractivity contribution in [2.75, 3.05) is 6.54 Å². The van der Waals surface area contributed by atoms with Crippen LogP contribution in [0.15, 0.2) is 36.4 Å². The molecule has 0 spiro atoms. The van der Waals surface area contributed by atoms with E-state index < -0.39 is 5.82 Å². The first kappa shape index (κ1) is 20.1. The number of hydrogen-bond donors (Lipinski definition) is 3.